The van der Waals surface area contributed by atoms with Crippen molar-refractivity contribution in [1.82, 2.24) is 10.6 Å². The Labute approximate surface area is 168 Å². The highest BCUT2D eigenvalue weighted by atomic mass is 35.5. The van der Waals surface area contributed by atoms with Crippen LogP contribution in [0.25, 0.3) is 0 Å². The third-order valence-corrected chi connectivity index (χ3v) is 3.90. The van der Waals surface area contributed by atoms with Gasteiger partial charge in [0.1, 0.15) is 0 Å². The molecule has 0 aromatic rings. The molecule has 0 aliphatic heterocycles. The van der Waals surface area contributed by atoms with Crippen molar-refractivity contribution >= 4 is 23.6 Å². The number of halogens is 1. The maximum Gasteiger partial charge on any atom is 0.409 e. The largest absolute Gasteiger partial charge is 0.420 e. The lowest BCUT2D eigenvalue weighted by atomic mass is 10.1. The quantitative estimate of drug-likeness (QED) is 0.175. The van der Waals surface area contributed by atoms with Crippen LogP contribution < -0.4 is 10.6 Å². The number of alkyl carbamates (subject to hydrolysis) is 1. The lowest BCUT2D eigenvalue weighted by Crippen LogP contribution is -2.30. The highest BCUT2D eigenvalue weighted by molar-refractivity contribution is 6.18. The minimum Gasteiger partial charge on any atom is -0.420 e. The van der Waals surface area contributed by atoms with E-state index in [1.54, 1.807) is 6.92 Å². The van der Waals surface area contributed by atoms with E-state index in [1.165, 1.54) is 19.9 Å². The Morgan fingerprint density at radius 1 is 1.04 bits per heavy atom. The molecular formula is C20H35ClN2O4. The number of alkyl halides is 1. The van der Waals surface area contributed by atoms with Gasteiger partial charge in [0.05, 0.1) is 6.61 Å². The molecule has 0 aliphatic rings. The molecule has 6 nitrogen and oxygen atoms in total. The molecule has 0 aromatic heterocycles. The maximum atomic E-state index is 11.7. The van der Waals surface area contributed by atoms with Gasteiger partial charge >= 0.3 is 6.09 Å². The summed E-state index contributed by atoms with van der Waals surface area (Å²) in [6.07, 6.45) is 15.3. The van der Waals surface area contributed by atoms with Crippen LogP contribution >= 0.6 is 11.6 Å². The molecule has 2 amide bonds. The summed E-state index contributed by atoms with van der Waals surface area (Å²) in [5, 5.41) is 5.14. The van der Waals surface area contributed by atoms with Crippen molar-refractivity contribution in [2.75, 3.05) is 26.1 Å². The van der Waals surface area contributed by atoms with Crippen molar-refractivity contribution in [2.45, 2.75) is 64.6 Å². The molecule has 0 aromatic carbocycles. The van der Waals surface area contributed by atoms with Crippen molar-refractivity contribution in [2.24, 2.45) is 0 Å². The Balaban J connectivity index is 3.39. The van der Waals surface area contributed by atoms with Gasteiger partial charge in [0.15, 0.2) is 0 Å². The minimum absolute atomic E-state index is 0.0337. The number of nitrogens with one attached hydrogen (secondary N) is 2. The zero-order chi connectivity index (χ0) is 20.2. The van der Waals surface area contributed by atoms with Crippen LogP contribution in [0.5, 0.6) is 0 Å². The van der Waals surface area contributed by atoms with E-state index in [9.17, 15) is 9.59 Å². The maximum absolute atomic E-state index is 11.7. The van der Waals surface area contributed by atoms with E-state index >= 15 is 0 Å². The van der Waals surface area contributed by atoms with Crippen molar-refractivity contribution in [3.63, 3.8) is 0 Å². The number of carbonyl (C=O) groups excluding carboxylic acids is 2. The summed E-state index contributed by atoms with van der Waals surface area (Å²) in [6.45, 7) is 2.34. The van der Waals surface area contributed by atoms with Crippen LogP contribution in [0.1, 0.15) is 58.3 Å². The van der Waals surface area contributed by atoms with Crippen molar-refractivity contribution < 1.29 is 19.1 Å². The van der Waals surface area contributed by atoms with Gasteiger partial charge in [-0.15, -0.1) is 11.6 Å². The molecule has 0 saturated carbocycles. The van der Waals surface area contributed by atoms with Crippen LogP contribution in [0.3, 0.4) is 0 Å². The van der Waals surface area contributed by atoms with E-state index in [4.69, 9.17) is 21.1 Å². The average Bonchev–Trinajstić information content (AvgIpc) is 2.66. The standard InChI is InChI=1S/C20H35ClN2O4/c1-18(27-20(25)22-2)26-17-16-23-19(24)14-12-10-8-6-4-3-5-7-9-11-13-15-21/h5,7,11,13,18H,3-4,6,8-10,12,14-17H2,1-2H3,(H,22,25)(H,23,24)/b7-5?,13-11+. The predicted octanol–water partition coefficient (Wildman–Crippen LogP) is 4.29. The number of amides is 2. The van der Waals surface area contributed by atoms with Gasteiger partial charge in [0.2, 0.25) is 12.2 Å². The third kappa shape index (κ3) is 19.0. The summed E-state index contributed by atoms with van der Waals surface area (Å²) in [4.78, 5) is 22.7. The molecule has 0 fully saturated rings. The Kier molecular flexibility index (Phi) is 18.1. The molecular weight excluding hydrogens is 368 g/mol. The van der Waals surface area contributed by atoms with Gasteiger partial charge in [-0.05, 0) is 32.6 Å². The summed E-state index contributed by atoms with van der Waals surface area (Å²) >= 11 is 5.55. The Bertz CT molecular complexity index is 442. The number of unbranched alkanes of at least 4 members (excludes halogenated alkanes) is 5. The third-order valence-electron chi connectivity index (χ3n) is 3.72. The molecule has 1 atom stereocenters. The fraction of sp³-hybridized carbons (Fsp3) is 0.700. The SMILES string of the molecule is CNC(=O)OC(C)OCCNC(=O)CCCCCCCC=CC/C=C/CCl. The van der Waals surface area contributed by atoms with E-state index in [0.29, 0.717) is 25.5 Å². The lowest BCUT2D eigenvalue weighted by Gasteiger charge is -2.13. The molecule has 0 spiro atoms. The molecule has 0 bridgehead atoms. The van der Waals surface area contributed by atoms with Gasteiger partial charge in [-0.2, -0.15) is 0 Å². The number of rotatable bonds is 16. The van der Waals surface area contributed by atoms with Crippen LogP contribution in [0.15, 0.2) is 24.3 Å². The molecule has 0 radical (unpaired) electrons. The summed E-state index contributed by atoms with van der Waals surface area (Å²) in [6, 6.07) is 0. The highest BCUT2D eigenvalue weighted by Gasteiger charge is 2.07. The molecule has 2 N–H and O–H groups in total. The number of ether oxygens (including phenoxy) is 2. The Hall–Kier alpha value is -1.53. The van der Waals surface area contributed by atoms with E-state index in [1.807, 2.05) is 6.08 Å². The number of carbonyl (C=O) groups is 2. The zero-order valence-electron chi connectivity index (χ0n) is 16.7. The molecule has 27 heavy (non-hydrogen) atoms. The minimum atomic E-state index is -0.640. The van der Waals surface area contributed by atoms with Crippen LogP contribution in [0.2, 0.25) is 0 Å². The Morgan fingerprint density at radius 3 is 2.48 bits per heavy atom. The lowest BCUT2D eigenvalue weighted by molar-refractivity contribution is -0.122. The molecule has 1 unspecified atom stereocenters. The molecule has 156 valence electrons. The zero-order valence-corrected chi connectivity index (χ0v) is 17.4. The highest BCUT2D eigenvalue weighted by Crippen LogP contribution is 2.08. The van der Waals surface area contributed by atoms with Crippen LogP contribution in [0, 0.1) is 0 Å². The first-order chi connectivity index (χ1) is 13.1. The van der Waals surface area contributed by atoms with Gasteiger partial charge < -0.3 is 20.1 Å². The first-order valence-corrected chi connectivity index (χ1v) is 10.3. The molecule has 0 rings (SSSR count). The van der Waals surface area contributed by atoms with E-state index in [-0.39, 0.29) is 5.91 Å². The second-order valence-corrected chi connectivity index (χ2v) is 6.39. The smallest absolute Gasteiger partial charge is 0.409 e. The molecule has 7 heteroatoms. The van der Waals surface area contributed by atoms with E-state index < -0.39 is 12.4 Å². The summed E-state index contributed by atoms with van der Waals surface area (Å²) in [7, 11) is 1.48. The summed E-state index contributed by atoms with van der Waals surface area (Å²) in [5.41, 5.74) is 0. The monoisotopic (exact) mass is 402 g/mol. The first kappa shape index (κ1) is 25.5. The number of hydrogen-bond acceptors (Lipinski definition) is 4. The van der Waals surface area contributed by atoms with Crippen LogP contribution in [-0.4, -0.2) is 44.4 Å². The topological polar surface area (TPSA) is 76.7 Å². The summed E-state index contributed by atoms with van der Waals surface area (Å²) < 4.78 is 10.1. The number of allylic oxidation sites excluding steroid dienone is 4. The van der Waals surface area contributed by atoms with Gasteiger partial charge in [-0.3, -0.25) is 4.79 Å². The average molecular weight is 403 g/mol. The predicted molar refractivity (Wildman–Crippen MR) is 110 cm³/mol. The van der Waals surface area contributed by atoms with Crippen molar-refractivity contribution in [3.05, 3.63) is 24.3 Å². The molecule has 0 saturated heterocycles. The number of hydrogen-bond donors (Lipinski definition) is 2. The van der Waals surface area contributed by atoms with Gasteiger partial charge in [0.25, 0.3) is 0 Å². The van der Waals surface area contributed by atoms with Gasteiger partial charge in [-0.25, -0.2) is 4.79 Å². The van der Waals surface area contributed by atoms with Crippen LogP contribution in [-0.2, 0) is 14.3 Å². The summed E-state index contributed by atoms with van der Waals surface area (Å²) in [5.74, 6) is 0.610. The van der Waals surface area contributed by atoms with Crippen molar-refractivity contribution in [3.8, 4) is 0 Å². The van der Waals surface area contributed by atoms with E-state index in [2.05, 4.69) is 28.9 Å². The normalized spacial score (nSPS) is 12.4. The first-order valence-electron chi connectivity index (χ1n) is 9.72. The molecule has 0 aliphatic carbocycles. The fourth-order valence-electron chi connectivity index (χ4n) is 2.28. The van der Waals surface area contributed by atoms with Gasteiger partial charge in [-0.1, -0.05) is 43.6 Å². The van der Waals surface area contributed by atoms with Gasteiger partial charge in [0, 0.05) is 25.9 Å². The van der Waals surface area contributed by atoms with Crippen LogP contribution in [0.4, 0.5) is 4.79 Å². The second-order valence-electron chi connectivity index (χ2n) is 6.08. The Morgan fingerprint density at radius 2 is 1.74 bits per heavy atom. The van der Waals surface area contributed by atoms with E-state index in [0.717, 1.165) is 32.1 Å². The molecule has 0 heterocycles. The fourth-order valence-corrected chi connectivity index (χ4v) is 2.40. The van der Waals surface area contributed by atoms with Crippen molar-refractivity contribution in [1.29, 1.82) is 0 Å². The second kappa shape index (κ2) is 19.2.